The molecule has 0 saturated heterocycles. The van der Waals surface area contributed by atoms with Gasteiger partial charge in [-0.25, -0.2) is 9.79 Å². The molecular formula is C11H16N2O2. The Morgan fingerprint density at radius 1 is 1.53 bits per heavy atom. The van der Waals surface area contributed by atoms with Crippen molar-refractivity contribution in [1.82, 2.24) is 0 Å². The third kappa shape index (κ3) is 3.97. The van der Waals surface area contributed by atoms with Gasteiger partial charge in [0.25, 0.3) is 0 Å². The Bertz CT molecular complexity index is 317. The fraction of sp³-hybridized carbons (Fsp3) is 0.455. The molecule has 0 aromatic heterocycles. The van der Waals surface area contributed by atoms with Crippen molar-refractivity contribution in [3.63, 3.8) is 0 Å². The maximum absolute atomic E-state index is 11.3. The van der Waals surface area contributed by atoms with Gasteiger partial charge in [-0.3, -0.25) is 0 Å². The van der Waals surface area contributed by atoms with Crippen molar-refractivity contribution < 1.29 is 9.53 Å². The average molecular weight is 208 g/mol. The smallest absolute Gasteiger partial charge is 0.335 e. The summed E-state index contributed by atoms with van der Waals surface area (Å²) in [6, 6.07) is 0. The van der Waals surface area contributed by atoms with Gasteiger partial charge in [0.1, 0.15) is 5.84 Å². The quantitative estimate of drug-likeness (QED) is 0.664. The number of nitrogens with zero attached hydrogens (tertiary/aromatic N) is 1. The van der Waals surface area contributed by atoms with Gasteiger partial charge in [0.2, 0.25) is 0 Å². The van der Waals surface area contributed by atoms with Crippen LogP contribution < -0.4 is 5.73 Å². The van der Waals surface area contributed by atoms with E-state index in [2.05, 4.69) is 9.73 Å². The Morgan fingerprint density at radius 3 is 3.07 bits per heavy atom. The first-order valence-corrected chi connectivity index (χ1v) is 5.01. The predicted molar refractivity (Wildman–Crippen MR) is 59.3 cm³/mol. The summed E-state index contributed by atoms with van der Waals surface area (Å²) in [6.45, 7) is 0. The van der Waals surface area contributed by atoms with Crippen LogP contribution in [0.25, 0.3) is 0 Å². The summed E-state index contributed by atoms with van der Waals surface area (Å²) in [4.78, 5) is 15.3. The van der Waals surface area contributed by atoms with Crippen molar-refractivity contribution in [2.45, 2.75) is 25.7 Å². The fourth-order valence-electron chi connectivity index (χ4n) is 1.33. The standard InChI is InChI=1S/C11H16N2O2/c1-15-11(14)9-6-4-2-3-5-7-10(12)13-8-9/h5,7-8H,2-4,6H2,1H3,(H2,12,13)/b7-5+,9-8+. The summed E-state index contributed by atoms with van der Waals surface area (Å²) in [7, 11) is 1.37. The van der Waals surface area contributed by atoms with Crippen molar-refractivity contribution >= 4 is 11.8 Å². The maximum Gasteiger partial charge on any atom is 0.335 e. The summed E-state index contributed by atoms with van der Waals surface area (Å²) in [5, 5.41) is 0. The topological polar surface area (TPSA) is 64.7 Å². The van der Waals surface area contributed by atoms with Gasteiger partial charge in [-0.2, -0.15) is 0 Å². The van der Waals surface area contributed by atoms with Crippen molar-refractivity contribution in [2.75, 3.05) is 7.11 Å². The number of carbonyl (C=O) groups is 1. The molecule has 4 nitrogen and oxygen atoms in total. The highest BCUT2D eigenvalue weighted by Crippen LogP contribution is 2.12. The molecule has 0 aliphatic carbocycles. The Labute approximate surface area is 89.5 Å². The van der Waals surface area contributed by atoms with Gasteiger partial charge in [-0.15, -0.1) is 0 Å². The fourth-order valence-corrected chi connectivity index (χ4v) is 1.33. The monoisotopic (exact) mass is 208 g/mol. The number of esters is 1. The van der Waals surface area contributed by atoms with Gasteiger partial charge in [0.05, 0.1) is 12.7 Å². The lowest BCUT2D eigenvalue weighted by Gasteiger charge is -2.04. The molecular weight excluding hydrogens is 192 g/mol. The number of aliphatic imine (C=N–C) groups is 1. The molecule has 15 heavy (non-hydrogen) atoms. The molecule has 82 valence electrons. The molecule has 0 amide bonds. The van der Waals surface area contributed by atoms with Gasteiger partial charge in [0, 0.05) is 6.20 Å². The summed E-state index contributed by atoms with van der Waals surface area (Å²) >= 11 is 0. The molecule has 0 spiro atoms. The maximum atomic E-state index is 11.3. The zero-order valence-corrected chi connectivity index (χ0v) is 8.90. The lowest BCUT2D eigenvalue weighted by atomic mass is 10.1. The van der Waals surface area contributed by atoms with Crippen molar-refractivity contribution in [3.8, 4) is 0 Å². The number of allylic oxidation sites excluding steroid dienone is 1. The van der Waals surface area contributed by atoms with E-state index in [0.29, 0.717) is 17.8 Å². The number of hydrogen-bond donors (Lipinski definition) is 1. The van der Waals surface area contributed by atoms with E-state index in [1.807, 2.05) is 6.08 Å². The molecule has 0 aromatic carbocycles. The van der Waals surface area contributed by atoms with E-state index < -0.39 is 0 Å². The Kier molecular flexibility index (Phi) is 4.60. The predicted octanol–water partition coefficient (Wildman–Crippen LogP) is 1.53. The minimum Gasteiger partial charge on any atom is -0.466 e. The molecule has 0 radical (unpaired) electrons. The van der Waals surface area contributed by atoms with Crippen LogP contribution in [0, 0.1) is 0 Å². The van der Waals surface area contributed by atoms with Crippen LogP contribution in [-0.4, -0.2) is 18.9 Å². The summed E-state index contributed by atoms with van der Waals surface area (Å²) in [5.74, 6) is 0.0920. The number of hydrogen-bond acceptors (Lipinski definition) is 4. The number of rotatable bonds is 1. The highest BCUT2D eigenvalue weighted by atomic mass is 16.5. The molecule has 0 unspecified atom stereocenters. The van der Waals surface area contributed by atoms with E-state index in [1.54, 1.807) is 6.08 Å². The largest absolute Gasteiger partial charge is 0.466 e. The second kappa shape index (κ2) is 6.01. The number of methoxy groups -OCH3 is 1. The SMILES string of the molecule is COC(=O)/C1=C/N=C(N)/C=C/CCCC1. The second-order valence-corrected chi connectivity index (χ2v) is 3.35. The highest BCUT2D eigenvalue weighted by molar-refractivity contribution is 5.93. The van der Waals surface area contributed by atoms with Gasteiger partial charge >= 0.3 is 5.97 Å². The molecule has 0 atom stereocenters. The van der Waals surface area contributed by atoms with Crippen LogP contribution in [0.1, 0.15) is 25.7 Å². The van der Waals surface area contributed by atoms with Crippen LogP contribution in [-0.2, 0) is 9.53 Å². The normalized spacial score (nSPS) is 26.7. The average Bonchev–Trinajstić information content (AvgIpc) is 2.26. The first-order chi connectivity index (χ1) is 7.24. The Morgan fingerprint density at radius 2 is 2.33 bits per heavy atom. The van der Waals surface area contributed by atoms with Gasteiger partial charge in [-0.05, 0) is 31.8 Å². The zero-order valence-electron chi connectivity index (χ0n) is 8.90. The number of nitrogens with two attached hydrogens (primary N) is 1. The lowest BCUT2D eigenvalue weighted by molar-refractivity contribution is -0.136. The van der Waals surface area contributed by atoms with Crippen LogP contribution in [0.4, 0.5) is 0 Å². The summed E-state index contributed by atoms with van der Waals surface area (Å²) < 4.78 is 4.66. The van der Waals surface area contributed by atoms with E-state index in [1.165, 1.54) is 13.3 Å². The van der Waals surface area contributed by atoms with Crippen LogP contribution in [0.15, 0.2) is 28.9 Å². The van der Waals surface area contributed by atoms with Crippen LogP contribution in [0.2, 0.25) is 0 Å². The van der Waals surface area contributed by atoms with Crippen molar-refractivity contribution in [1.29, 1.82) is 0 Å². The first kappa shape index (κ1) is 11.5. The van der Waals surface area contributed by atoms with Crippen molar-refractivity contribution in [2.24, 2.45) is 10.7 Å². The number of amidine groups is 1. The molecule has 2 N–H and O–H groups in total. The summed E-state index contributed by atoms with van der Waals surface area (Å²) in [5.41, 5.74) is 6.17. The lowest BCUT2D eigenvalue weighted by Crippen LogP contribution is -2.09. The van der Waals surface area contributed by atoms with E-state index in [9.17, 15) is 4.79 Å². The highest BCUT2D eigenvalue weighted by Gasteiger charge is 2.09. The minimum absolute atomic E-state index is 0.323. The second-order valence-electron chi connectivity index (χ2n) is 3.35. The Balaban J connectivity index is 2.83. The zero-order chi connectivity index (χ0) is 11.1. The van der Waals surface area contributed by atoms with Gasteiger partial charge in [0.15, 0.2) is 0 Å². The van der Waals surface area contributed by atoms with Crippen LogP contribution in [0.3, 0.4) is 0 Å². The van der Waals surface area contributed by atoms with Crippen molar-refractivity contribution in [3.05, 3.63) is 23.9 Å². The van der Waals surface area contributed by atoms with E-state index in [0.717, 1.165) is 19.3 Å². The summed E-state index contributed by atoms with van der Waals surface area (Å²) in [6.07, 6.45) is 8.91. The van der Waals surface area contributed by atoms with E-state index in [4.69, 9.17) is 5.73 Å². The molecule has 4 heteroatoms. The molecule has 1 rings (SSSR count). The molecule has 1 aliphatic heterocycles. The first-order valence-electron chi connectivity index (χ1n) is 5.01. The Hall–Kier alpha value is -1.58. The van der Waals surface area contributed by atoms with E-state index >= 15 is 0 Å². The minimum atomic E-state index is -0.323. The molecule has 0 fully saturated rings. The number of ether oxygens (including phenoxy) is 1. The molecule has 1 aliphatic rings. The molecule has 0 saturated carbocycles. The third-order valence-corrected chi connectivity index (χ3v) is 2.17. The third-order valence-electron chi connectivity index (χ3n) is 2.17. The van der Waals surface area contributed by atoms with Gasteiger partial charge in [-0.1, -0.05) is 6.08 Å². The van der Waals surface area contributed by atoms with Crippen LogP contribution >= 0.6 is 0 Å². The van der Waals surface area contributed by atoms with Gasteiger partial charge < -0.3 is 10.5 Å². The molecule has 0 bridgehead atoms. The van der Waals surface area contributed by atoms with E-state index in [-0.39, 0.29) is 5.97 Å². The van der Waals surface area contributed by atoms with Crippen LogP contribution in [0.5, 0.6) is 0 Å². The molecule has 1 heterocycles. The number of carbonyl (C=O) groups excluding carboxylic acids is 1. The molecule has 0 aromatic rings.